The van der Waals surface area contributed by atoms with Crippen LogP contribution < -0.4 is 10.2 Å². The van der Waals surface area contributed by atoms with Gasteiger partial charge in [-0.05, 0) is 49.6 Å². The molecule has 1 aromatic carbocycles. The Bertz CT molecular complexity index is 412. The first-order valence-corrected chi connectivity index (χ1v) is 9.25. The van der Waals surface area contributed by atoms with Crippen molar-refractivity contribution < 1.29 is 0 Å². The van der Waals surface area contributed by atoms with Crippen molar-refractivity contribution in [3.05, 3.63) is 29.8 Å². The van der Waals surface area contributed by atoms with Crippen molar-refractivity contribution in [2.45, 2.75) is 49.9 Å². The van der Waals surface area contributed by atoms with Gasteiger partial charge in [-0.2, -0.15) is 11.8 Å². The van der Waals surface area contributed by atoms with E-state index in [1.807, 2.05) is 11.8 Å². The van der Waals surface area contributed by atoms with E-state index in [0.29, 0.717) is 6.04 Å². The summed E-state index contributed by atoms with van der Waals surface area (Å²) in [5.41, 5.74) is 2.81. The molecule has 1 aliphatic carbocycles. The first kappa shape index (κ1) is 14.3. The Hall–Kier alpha value is -0.670. The second kappa shape index (κ2) is 6.86. The van der Waals surface area contributed by atoms with E-state index in [4.69, 9.17) is 0 Å². The lowest BCUT2D eigenvalue weighted by atomic mass is 10.1. The van der Waals surface area contributed by atoms with E-state index in [9.17, 15) is 0 Å². The first-order valence-electron chi connectivity index (χ1n) is 7.97. The summed E-state index contributed by atoms with van der Waals surface area (Å²) in [7, 11) is 0. The molecule has 3 heteroatoms. The molecule has 0 amide bonds. The standard InChI is InChI=1S/C17H26N2S/c1-20-17-6-4-5-16(17)18-13-14-7-9-15(10-8-14)19-11-2-3-12-19/h7-10,16-18H,2-6,11-13H2,1H3. The molecular formula is C17H26N2S. The number of hydrogen-bond acceptors (Lipinski definition) is 3. The zero-order chi connectivity index (χ0) is 13.8. The second-order valence-electron chi connectivity index (χ2n) is 6.05. The number of anilines is 1. The molecule has 1 aliphatic heterocycles. The van der Waals surface area contributed by atoms with Gasteiger partial charge in [0.1, 0.15) is 0 Å². The minimum Gasteiger partial charge on any atom is -0.372 e. The maximum Gasteiger partial charge on any atom is 0.0366 e. The third kappa shape index (κ3) is 3.32. The maximum absolute atomic E-state index is 3.75. The summed E-state index contributed by atoms with van der Waals surface area (Å²) < 4.78 is 0. The molecule has 0 aromatic heterocycles. The highest BCUT2D eigenvalue weighted by atomic mass is 32.2. The number of thioether (sulfide) groups is 1. The minimum absolute atomic E-state index is 0.711. The van der Waals surface area contributed by atoms with Gasteiger partial charge >= 0.3 is 0 Å². The number of hydrogen-bond donors (Lipinski definition) is 1. The predicted molar refractivity (Wildman–Crippen MR) is 89.7 cm³/mol. The molecule has 20 heavy (non-hydrogen) atoms. The van der Waals surface area contributed by atoms with Crippen molar-refractivity contribution in [3.63, 3.8) is 0 Å². The zero-order valence-corrected chi connectivity index (χ0v) is 13.3. The third-order valence-corrected chi connectivity index (χ3v) is 5.90. The summed E-state index contributed by atoms with van der Waals surface area (Å²) in [5.74, 6) is 0. The fourth-order valence-corrected chi connectivity index (χ4v) is 4.45. The Morgan fingerprint density at radius 3 is 2.55 bits per heavy atom. The lowest BCUT2D eigenvalue weighted by Gasteiger charge is -2.20. The van der Waals surface area contributed by atoms with E-state index < -0.39 is 0 Å². The quantitative estimate of drug-likeness (QED) is 0.891. The summed E-state index contributed by atoms with van der Waals surface area (Å²) in [5, 5.41) is 4.57. The summed E-state index contributed by atoms with van der Waals surface area (Å²) in [6, 6.07) is 9.89. The van der Waals surface area contributed by atoms with Crippen LogP contribution in [0.3, 0.4) is 0 Å². The largest absolute Gasteiger partial charge is 0.372 e. The van der Waals surface area contributed by atoms with E-state index in [-0.39, 0.29) is 0 Å². The van der Waals surface area contributed by atoms with E-state index in [2.05, 4.69) is 40.7 Å². The van der Waals surface area contributed by atoms with Crippen LogP contribution in [-0.2, 0) is 6.54 Å². The Kier molecular flexibility index (Phi) is 4.90. The molecule has 110 valence electrons. The lowest BCUT2D eigenvalue weighted by molar-refractivity contribution is 0.532. The molecule has 1 aromatic rings. The molecule has 2 fully saturated rings. The Labute approximate surface area is 127 Å². The van der Waals surface area contributed by atoms with Crippen LogP contribution in [0, 0.1) is 0 Å². The molecule has 0 bridgehead atoms. The third-order valence-electron chi connectivity index (χ3n) is 4.73. The smallest absolute Gasteiger partial charge is 0.0366 e. The van der Waals surface area contributed by atoms with E-state index >= 15 is 0 Å². The van der Waals surface area contributed by atoms with E-state index in [0.717, 1.165) is 11.8 Å². The van der Waals surface area contributed by atoms with Crippen LogP contribution in [0.15, 0.2) is 24.3 Å². The Balaban J connectivity index is 1.52. The molecule has 2 nitrogen and oxygen atoms in total. The number of benzene rings is 1. The van der Waals surface area contributed by atoms with Gasteiger partial charge in [0.25, 0.3) is 0 Å². The summed E-state index contributed by atoms with van der Waals surface area (Å²) >= 11 is 2.03. The van der Waals surface area contributed by atoms with Crippen LogP contribution in [0.25, 0.3) is 0 Å². The van der Waals surface area contributed by atoms with Gasteiger partial charge in [-0.15, -0.1) is 0 Å². The molecule has 0 radical (unpaired) electrons. The molecular weight excluding hydrogens is 264 g/mol. The highest BCUT2D eigenvalue weighted by molar-refractivity contribution is 7.99. The summed E-state index contributed by atoms with van der Waals surface area (Å²) in [4.78, 5) is 2.50. The maximum atomic E-state index is 3.75. The lowest BCUT2D eigenvalue weighted by Crippen LogP contribution is -2.33. The number of nitrogens with one attached hydrogen (secondary N) is 1. The minimum atomic E-state index is 0.711. The fourth-order valence-electron chi connectivity index (χ4n) is 3.49. The highest BCUT2D eigenvalue weighted by Crippen LogP contribution is 2.28. The van der Waals surface area contributed by atoms with Crippen molar-refractivity contribution >= 4 is 17.4 Å². The normalized spacial score (nSPS) is 26.4. The van der Waals surface area contributed by atoms with Crippen LogP contribution in [0.5, 0.6) is 0 Å². The molecule has 1 saturated carbocycles. The highest BCUT2D eigenvalue weighted by Gasteiger charge is 2.25. The van der Waals surface area contributed by atoms with Gasteiger partial charge < -0.3 is 10.2 Å². The predicted octanol–water partition coefficient (Wildman–Crippen LogP) is 3.66. The molecule has 1 N–H and O–H groups in total. The molecule has 2 unspecified atom stereocenters. The van der Waals surface area contributed by atoms with Crippen LogP contribution in [0.4, 0.5) is 5.69 Å². The Morgan fingerprint density at radius 1 is 1.10 bits per heavy atom. The number of rotatable bonds is 5. The van der Waals surface area contributed by atoms with Crippen LogP contribution in [-0.4, -0.2) is 30.6 Å². The van der Waals surface area contributed by atoms with Gasteiger partial charge in [-0.3, -0.25) is 0 Å². The Morgan fingerprint density at radius 2 is 1.85 bits per heavy atom. The van der Waals surface area contributed by atoms with E-state index in [1.54, 1.807) is 0 Å². The molecule has 0 spiro atoms. The van der Waals surface area contributed by atoms with Crippen molar-refractivity contribution in [2.75, 3.05) is 24.2 Å². The van der Waals surface area contributed by atoms with Crippen molar-refractivity contribution in [3.8, 4) is 0 Å². The monoisotopic (exact) mass is 290 g/mol. The van der Waals surface area contributed by atoms with Crippen LogP contribution >= 0.6 is 11.8 Å². The first-order chi connectivity index (χ1) is 9.86. The second-order valence-corrected chi connectivity index (χ2v) is 7.13. The average Bonchev–Trinajstić information content (AvgIpc) is 3.16. The van der Waals surface area contributed by atoms with Crippen LogP contribution in [0.2, 0.25) is 0 Å². The molecule has 2 atom stereocenters. The van der Waals surface area contributed by atoms with Gasteiger partial charge in [-0.25, -0.2) is 0 Å². The molecule has 3 rings (SSSR count). The van der Waals surface area contributed by atoms with Gasteiger partial charge in [0.15, 0.2) is 0 Å². The molecule has 2 aliphatic rings. The summed E-state index contributed by atoms with van der Waals surface area (Å²) in [6.07, 6.45) is 9.05. The summed E-state index contributed by atoms with van der Waals surface area (Å²) in [6.45, 7) is 3.48. The van der Waals surface area contributed by atoms with Gasteiger partial charge in [-0.1, -0.05) is 18.6 Å². The van der Waals surface area contributed by atoms with Crippen molar-refractivity contribution in [2.24, 2.45) is 0 Å². The zero-order valence-electron chi connectivity index (χ0n) is 12.5. The fraction of sp³-hybridized carbons (Fsp3) is 0.647. The molecule has 1 saturated heterocycles. The van der Waals surface area contributed by atoms with Crippen molar-refractivity contribution in [1.82, 2.24) is 5.32 Å². The number of nitrogens with zero attached hydrogens (tertiary/aromatic N) is 1. The SMILES string of the molecule is CSC1CCCC1NCc1ccc(N2CCCC2)cc1. The van der Waals surface area contributed by atoms with Gasteiger partial charge in [0.05, 0.1) is 0 Å². The topological polar surface area (TPSA) is 15.3 Å². The average molecular weight is 290 g/mol. The molecule has 1 heterocycles. The van der Waals surface area contributed by atoms with Gasteiger partial charge in [0, 0.05) is 36.6 Å². The van der Waals surface area contributed by atoms with E-state index in [1.165, 1.54) is 56.4 Å². The van der Waals surface area contributed by atoms with Crippen molar-refractivity contribution in [1.29, 1.82) is 0 Å². The van der Waals surface area contributed by atoms with Crippen LogP contribution in [0.1, 0.15) is 37.7 Å². The van der Waals surface area contributed by atoms with Gasteiger partial charge in [0.2, 0.25) is 0 Å².